The van der Waals surface area contributed by atoms with Crippen molar-refractivity contribution in [3.05, 3.63) is 77.6 Å². The molecule has 2 heterocycles. The summed E-state index contributed by atoms with van der Waals surface area (Å²) in [7, 11) is 0. The number of rotatable bonds is 2. The van der Waals surface area contributed by atoms with Crippen LogP contribution in [0, 0.1) is 6.92 Å². The third-order valence-corrected chi connectivity index (χ3v) is 3.96. The molecule has 0 aliphatic carbocycles. The number of fused-ring (bicyclic) bond motifs is 3. The molecule has 0 atom stereocenters. The molecule has 0 unspecified atom stereocenters. The molecule has 2 aromatic heterocycles. The lowest BCUT2D eigenvalue weighted by Gasteiger charge is -2.02. The summed E-state index contributed by atoms with van der Waals surface area (Å²) in [6.07, 6.45) is 1.70. The molecule has 0 saturated heterocycles. The number of aromatic nitrogens is 2. The molecule has 0 fully saturated rings. The number of pyridine rings is 1. The summed E-state index contributed by atoms with van der Waals surface area (Å²) in [6.45, 7) is 2.00. The van der Waals surface area contributed by atoms with E-state index in [4.69, 9.17) is 0 Å². The van der Waals surface area contributed by atoms with Crippen LogP contribution >= 0.6 is 0 Å². The molecule has 0 aliphatic rings. The van der Waals surface area contributed by atoms with Crippen LogP contribution in [-0.2, 0) is 0 Å². The molecule has 4 rings (SSSR count). The lowest BCUT2D eigenvalue weighted by Crippen LogP contribution is -2.04. The van der Waals surface area contributed by atoms with Crippen LogP contribution in [0.1, 0.15) is 21.6 Å². The zero-order chi connectivity index (χ0) is 15.1. The van der Waals surface area contributed by atoms with Gasteiger partial charge in [0.15, 0.2) is 0 Å². The summed E-state index contributed by atoms with van der Waals surface area (Å²) in [6, 6.07) is 17.6. The largest absolute Gasteiger partial charge is 0.353 e. The van der Waals surface area contributed by atoms with Crippen LogP contribution in [0.2, 0.25) is 0 Å². The second kappa shape index (κ2) is 4.81. The van der Waals surface area contributed by atoms with Gasteiger partial charge in [0.1, 0.15) is 5.69 Å². The summed E-state index contributed by atoms with van der Waals surface area (Å²) in [5.74, 6) is -0.0582. The standard InChI is InChI=1S/C19H14N2O/c1-12-6-8-13(9-7-12)19(22)18-17-15(10-11-20-18)14-4-2-3-5-16(14)21-17/h2-11,21H,1H3. The Kier molecular flexibility index (Phi) is 2.79. The van der Waals surface area contributed by atoms with E-state index in [0.717, 1.165) is 27.4 Å². The number of hydrogen-bond donors (Lipinski definition) is 1. The number of para-hydroxylation sites is 1. The minimum atomic E-state index is -0.0582. The molecular formula is C19H14N2O. The maximum absolute atomic E-state index is 12.8. The Bertz CT molecular complexity index is 997. The lowest BCUT2D eigenvalue weighted by molar-refractivity contribution is 0.103. The number of ketones is 1. The molecule has 1 N–H and O–H groups in total. The Balaban J connectivity index is 1.95. The zero-order valence-electron chi connectivity index (χ0n) is 12.1. The molecule has 0 saturated carbocycles. The van der Waals surface area contributed by atoms with E-state index in [1.807, 2.05) is 61.5 Å². The van der Waals surface area contributed by atoms with E-state index in [-0.39, 0.29) is 5.78 Å². The molecule has 106 valence electrons. The number of benzene rings is 2. The van der Waals surface area contributed by atoms with Crippen molar-refractivity contribution in [2.24, 2.45) is 0 Å². The first kappa shape index (κ1) is 12.8. The molecular weight excluding hydrogens is 272 g/mol. The predicted octanol–water partition coefficient (Wildman–Crippen LogP) is 4.26. The van der Waals surface area contributed by atoms with E-state index in [9.17, 15) is 4.79 Å². The number of aromatic amines is 1. The van der Waals surface area contributed by atoms with Crippen LogP contribution in [0.3, 0.4) is 0 Å². The van der Waals surface area contributed by atoms with Crippen LogP contribution in [0.25, 0.3) is 21.8 Å². The van der Waals surface area contributed by atoms with Gasteiger partial charge in [0.05, 0.1) is 5.52 Å². The van der Waals surface area contributed by atoms with E-state index in [0.29, 0.717) is 11.3 Å². The minimum Gasteiger partial charge on any atom is -0.353 e. The van der Waals surface area contributed by atoms with Gasteiger partial charge in [0, 0.05) is 28.0 Å². The molecule has 0 spiro atoms. The van der Waals surface area contributed by atoms with Crippen molar-refractivity contribution >= 4 is 27.6 Å². The monoisotopic (exact) mass is 286 g/mol. The summed E-state index contributed by atoms with van der Waals surface area (Å²) < 4.78 is 0. The fourth-order valence-electron chi connectivity index (χ4n) is 2.79. The van der Waals surface area contributed by atoms with Gasteiger partial charge in [-0.25, -0.2) is 0 Å². The molecule has 0 aliphatic heterocycles. The average molecular weight is 286 g/mol. The fraction of sp³-hybridized carbons (Fsp3) is 0.0526. The molecule has 3 nitrogen and oxygen atoms in total. The van der Waals surface area contributed by atoms with Crippen LogP contribution < -0.4 is 0 Å². The second-order valence-electron chi connectivity index (χ2n) is 5.45. The Morgan fingerprint density at radius 1 is 0.955 bits per heavy atom. The van der Waals surface area contributed by atoms with Crippen molar-refractivity contribution in [3.63, 3.8) is 0 Å². The normalized spacial score (nSPS) is 11.1. The van der Waals surface area contributed by atoms with E-state index in [1.54, 1.807) is 6.20 Å². The molecule has 3 heteroatoms. The van der Waals surface area contributed by atoms with Crippen LogP contribution in [0.15, 0.2) is 60.8 Å². The SMILES string of the molecule is Cc1ccc(C(=O)c2nccc3c2[nH]c2ccccc23)cc1. The van der Waals surface area contributed by atoms with Crippen molar-refractivity contribution < 1.29 is 4.79 Å². The number of H-pyrrole nitrogens is 1. The van der Waals surface area contributed by atoms with E-state index < -0.39 is 0 Å². The lowest BCUT2D eigenvalue weighted by atomic mass is 10.0. The maximum atomic E-state index is 12.8. The summed E-state index contributed by atoms with van der Waals surface area (Å²) in [5.41, 5.74) is 4.08. The minimum absolute atomic E-state index is 0.0582. The highest BCUT2D eigenvalue weighted by atomic mass is 16.1. The van der Waals surface area contributed by atoms with Crippen molar-refractivity contribution in [1.82, 2.24) is 9.97 Å². The van der Waals surface area contributed by atoms with E-state index >= 15 is 0 Å². The third kappa shape index (κ3) is 1.91. The van der Waals surface area contributed by atoms with Gasteiger partial charge in [-0.1, -0.05) is 48.0 Å². The molecule has 4 aromatic rings. The van der Waals surface area contributed by atoms with Gasteiger partial charge in [-0.05, 0) is 19.1 Å². The van der Waals surface area contributed by atoms with Crippen molar-refractivity contribution in [3.8, 4) is 0 Å². The highest BCUT2D eigenvalue weighted by molar-refractivity contribution is 6.18. The molecule has 0 bridgehead atoms. The maximum Gasteiger partial charge on any atom is 0.213 e. The zero-order valence-corrected chi connectivity index (χ0v) is 12.1. The molecule has 22 heavy (non-hydrogen) atoms. The number of carbonyl (C=O) groups excluding carboxylic acids is 1. The van der Waals surface area contributed by atoms with Gasteiger partial charge in [-0.15, -0.1) is 0 Å². The molecule has 2 aromatic carbocycles. The number of nitrogens with one attached hydrogen (secondary N) is 1. The first-order chi connectivity index (χ1) is 10.7. The summed E-state index contributed by atoms with van der Waals surface area (Å²) in [5, 5.41) is 2.14. The number of nitrogens with zero attached hydrogens (tertiary/aromatic N) is 1. The Labute approximate surface area is 127 Å². The van der Waals surface area contributed by atoms with Gasteiger partial charge in [-0.3, -0.25) is 9.78 Å². The summed E-state index contributed by atoms with van der Waals surface area (Å²) >= 11 is 0. The van der Waals surface area contributed by atoms with Gasteiger partial charge >= 0.3 is 0 Å². The van der Waals surface area contributed by atoms with Gasteiger partial charge < -0.3 is 4.98 Å². The van der Waals surface area contributed by atoms with Gasteiger partial charge in [0.2, 0.25) is 5.78 Å². The third-order valence-electron chi connectivity index (χ3n) is 3.96. The Hall–Kier alpha value is -2.94. The van der Waals surface area contributed by atoms with Crippen molar-refractivity contribution in [2.75, 3.05) is 0 Å². The van der Waals surface area contributed by atoms with Crippen LogP contribution in [0.5, 0.6) is 0 Å². The first-order valence-corrected chi connectivity index (χ1v) is 7.21. The summed E-state index contributed by atoms with van der Waals surface area (Å²) in [4.78, 5) is 20.4. The Morgan fingerprint density at radius 2 is 1.73 bits per heavy atom. The van der Waals surface area contributed by atoms with Gasteiger partial charge in [0.25, 0.3) is 0 Å². The predicted molar refractivity (Wildman–Crippen MR) is 88.2 cm³/mol. The second-order valence-corrected chi connectivity index (χ2v) is 5.45. The van der Waals surface area contributed by atoms with Crippen LogP contribution in [0.4, 0.5) is 0 Å². The Morgan fingerprint density at radius 3 is 2.55 bits per heavy atom. The van der Waals surface area contributed by atoms with E-state index in [2.05, 4.69) is 9.97 Å². The highest BCUT2D eigenvalue weighted by Gasteiger charge is 2.16. The smallest absolute Gasteiger partial charge is 0.213 e. The van der Waals surface area contributed by atoms with Gasteiger partial charge in [-0.2, -0.15) is 0 Å². The highest BCUT2D eigenvalue weighted by Crippen LogP contribution is 2.27. The number of aryl methyl sites for hydroxylation is 1. The fourth-order valence-corrected chi connectivity index (χ4v) is 2.79. The number of hydrogen-bond acceptors (Lipinski definition) is 2. The van der Waals surface area contributed by atoms with Crippen molar-refractivity contribution in [2.45, 2.75) is 6.92 Å². The van der Waals surface area contributed by atoms with Crippen molar-refractivity contribution in [1.29, 1.82) is 0 Å². The molecule has 0 amide bonds. The molecule has 0 radical (unpaired) electrons. The first-order valence-electron chi connectivity index (χ1n) is 7.21. The number of carbonyl (C=O) groups is 1. The topological polar surface area (TPSA) is 45.8 Å². The average Bonchev–Trinajstić information content (AvgIpc) is 2.93. The van der Waals surface area contributed by atoms with E-state index in [1.165, 1.54) is 0 Å². The quantitative estimate of drug-likeness (QED) is 0.560. The van der Waals surface area contributed by atoms with Crippen LogP contribution in [-0.4, -0.2) is 15.8 Å².